The highest BCUT2D eigenvalue weighted by atomic mass is 32.1. The molecule has 0 aromatic carbocycles. The van der Waals surface area contributed by atoms with Crippen LogP contribution in [0.1, 0.15) is 12.1 Å². The van der Waals surface area contributed by atoms with Crippen LogP contribution in [0.15, 0.2) is 28.2 Å². The van der Waals surface area contributed by atoms with Crippen LogP contribution in [0.5, 0.6) is 0 Å². The zero-order chi connectivity index (χ0) is 11.7. The van der Waals surface area contributed by atoms with Crippen LogP contribution >= 0.6 is 11.3 Å². The van der Waals surface area contributed by atoms with Gasteiger partial charge in [-0.3, -0.25) is 4.90 Å². The summed E-state index contributed by atoms with van der Waals surface area (Å²) in [6.07, 6.45) is 2.83. The molecule has 1 fully saturated rings. The van der Waals surface area contributed by atoms with Crippen molar-refractivity contribution in [2.24, 2.45) is 5.73 Å². The number of likely N-dealkylation sites (tertiary alicyclic amines) is 1. The van der Waals surface area contributed by atoms with Gasteiger partial charge in [-0.1, -0.05) is 6.07 Å². The molecule has 3 rings (SSSR count). The van der Waals surface area contributed by atoms with Crippen molar-refractivity contribution < 1.29 is 4.42 Å². The monoisotopic (exact) mass is 249 g/mol. The van der Waals surface area contributed by atoms with Crippen LogP contribution in [-0.2, 0) is 6.54 Å². The quantitative estimate of drug-likeness (QED) is 0.903. The zero-order valence-corrected chi connectivity index (χ0v) is 10.3. The zero-order valence-electron chi connectivity index (χ0n) is 9.50. The Kier molecular flexibility index (Phi) is 2.96. The lowest BCUT2D eigenvalue weighted by Crippen LogP contribution is -2.26. The van der Waals surface area contributed by atoms with Gasteiger partial charge in [-0.25, -0.2) is 4.98 Å². The van der Waals surface area contributed by atoms with E-state index in [2.05, 4.69) is 9.88 Å². The molecule has 0 amide bonds. The molecule has 0 radical (unpaired) electrons. The Bertz CT molecular complexity index is 480. The van der Waals surface area contributed by atoms with Gasteiger partial charge < -0.3 is 10.2 Å². The molecule has 0 bridgehead atoms. The summed E-state index contributed by atoms with van der Waals surface area (Å²) in [7, 11) is 0. The van der Waals surface area contributed by atoms with Crippen LogP contribution in [-0.4, -0.2) is 29.0 Å². The van der Waals surface area contributed by atoms with Gasteiger partial charge in [0.15, 0.2) is 0 Å². The number of oxazole rings is 1. The minimum atomic E-state index is 0.318. The molecule has 2 aromatic rings. The first-order valence-electron chi connectivity index (χ1n) is 5.77. The number of nitrogens with two attached hydrogens (primary N) is 1. The fourth-order valence-electron chi connectivity index (χ4n) is 2.13. The summed E-state index contributed by atoms with van der Waals surface area (Å²) < 4.78 is 5.49. The third kappa shape index (κ3) is 2.41. The molecule has 90 valence electrons. The van der Waals surface area contributed by atoms with Gasteiger partial charge >= 0.3 is 0 Å². The first-order valence-corrected chi connectivity index (χ1v) is 6.65. The molecule has 0 unspecified atom stereocenters. The van der Waals surface area contributed by atoms with Gasteiger partial charge in [-0.15, -0.1) is 11.3 Å². The Morgan fingerprint density at radius 2 is 2.53 bits per heavy atom. The lowest BCUT2D eigenvalue weighted by molar-refractivity contribution is 0.322. The van der Waals surface area contributed by atoms with Gasteiger partial charge in [0.1, 0.15) is 6.26 Å². The average Bonchev–Trinajstić information content (AvgIpc) is 3.00. The fourth-order valence-corrected chi connectivity index (χ4v) is 2.78. The van der Waals surface area contributed by atoms with Gasteiger partial charge in [0, 0.05) is 25.7 Å². The maximum atomic E-state index is 5.88. The maximum Gasteiger partial charge on any atom is 0.236 e. The molecule has 3 heterocycles. The first kappa shape index (κ1) is 11.0. The van der Waals surface area contributed by atoms with E-state index in [1.807, 2.05) is 17.5 Å². The predicted molar refractivity (Wildman–Crippen MR) is 67.7 cm³/mol. The van der Waals surface area contributed by atoms with E-state index in [-0.39, 0.29) is 0 Å². The third-order valence-electron chi connectivity index (χ3n) is 2.98. The van der Waals surface area contributed by atoms with Crippen LogP contribution in [0, 0.1) is 0 Å². The Morgan fingerprint density at radius 1 is 1.59 bits per heavy atom. The Labute approximate surface area is 104 Å². The highest BCUT2D eigenvalue weighted by molar-refractivity contribution is 7.13. The van der Waals surface area contributed by atoms with Gasteiger partial charge in [-0.2, -0.15) is 0 Å². The summed E-state index contributed by atoms with van der Waals surface area (Å²) in [5.74, 6) is 0.721. The van der Waals surface area contributed by atoms with Crippen molar-refractivity contribution in [2.75, 3.05) is 13.1 Å². The van der Waals surface area contributed by atoms with Gasteiger partial charge in [0.2, 0.25) is 5.89 Å². The average molecular weight is 249 g/mol. The van der Waals surface area contributed by atoms with Crippen molar-refractivity contribution in [1.82, 2.24) is 9.88 Å². The lowest BCUT2D eigenvalue weighted by atomic mass is 10.3. The molecule has 1 saturated heterocycles. The molecule has 0 saturated carbocycles. The standard InChI is InChI=1S/C12H15N3OS/c13-9-3-4-15(6-9)7-10-8-16-12(14-10)11-2-1-5-17-11/h1-2,5,8-9H,3-4,6-7,13H2/t9-/m0/s1. The fraction of sp³-hybridized carbons (Fsp3) is 0.417. The largest absolute Gasteiger partial charge is 0.444 e. The molecule has 2 aromatic heterocycles. The second kappa shape index (κ2) is 4.60. The van der Waals surface area contributed by atoms with E-state index in [9.17, 15) is 0 Å². The minimum absolute atomic E-state index is 0.318. The van der Waals surface area contributed by atoms with Crippen LogP contribution in [0.25, 0.3) is 10.8 Å². The van der Waals surface area contributed by atoms with E-state index >= 15 is 0 Å². The molecule has 0 aliphatic carbocycles. The number of thiophene rings is 1. The molecule has 17 heavy (non-hydrogen) atoms. The Hall–Kier alpha value is -1.17. The first-order chi connectivity index (χ1) is 8.31. The molecular weight excluding hydrogens is 234 g/mol. The molecule has 4 nitrogen and oxygen atoms in total. The van der Waals surface area contributed by atoms with Crippen molar-refractivity contribution >= 4 is 11.3 Å². The van der Waals surface area contributed by atoms with Gasteiger partial charge in [-0.05, 0) is 17.9 Å². The number of aromatic nitrogens is 1. The molecule has 0 spiro atoms. The van der Waals surface area contributed by atoms with Crippen molar-refractivity contribution in [3.8, 4) is 10.8 Å². The summed E-state index contributed by atoms with van der Waals surface area (Å²) in [6, 6.07) is 4.34. The molecule has 1 atom stereocenters. The smallest absolute Gasteiger partial charge is 0.236 e. The van der Waals surface area contributed by atoms with Gasteiger partial charge in [0.25, 0.3) is 0 Å². The van der Waals surface area contributed by atoms with Crippen molar-refractivity contribution in [1.29, 1.82) is 0 Å². The van der Waals surface area contributed by atoms with E-state index in [1.54, 1.807) is 17.6 Å². The summed E-state index contributed by atoms with van der Waals surface area (Å²) in [5.41, 5.74) is 6.87. The van der Waals surface area contributed by atoms with Crippen molar-refractivity contribution in [2.45, 2.75) is 19.0 Å². The summed E-state index contributed by atoms with van der Waals surface area (Å²) in [6.45, 7) is 2.85. The van der Waals surface area contributed by atoms with Crippen LogP contribution in [0.3, 0.4) is 0 Å². The Balaban J connectivity index is 1.69. The topological polar surface area (TPSA) is 55.3 Å². The molecule has 1 aliphatic rings. The SMILES string of the molecule is N[C@H]1CCN(Cc2coc(-c3cccs3)n2)C1. The van der Waals surface area contributed by atoms with E-state index < -0.39 is 0 Å². The number of nitrogens with zero attached hydrogens (tertiary/aromatic N) is 2. The summed E-state index contributed by atoms with van der Waals surface area (Å²) in [4.78, 5) is 7.90. The van der Waals surface area contributed by atoms with E-state index in [4.69, 9.17) is 10.2 Å². The molecule has 2 N–H and O–H groups in total. The molecule has 1 aliphatic heterocycles. The third-order valence-corrected chi connectivity index (χ3v) is 3.84. The number of hydrogen-bond acceptors (Lipinski definition) is 5. The van der Waals surface area contributed by atoms with E-state index in [1.165, 1.54) is 0 Å². The second-order valence-electron chi connectivity index (χ2n) is 4.41. The normalized spacial score (nSPS) is 21.1. The van der Waals surface area contributed by atoms with Crippen molar-refractivity contribution in [3.05, 3.63) is 29.5 Å². The Morgan fingerprint density at radius 3 is 3.24 bits per heavy atom. The predicted octanol–water partition coefficient (Wildman–Crippen LogP) is 1.94. The lowest BCUT2D eigenvalue weighted by Gasteiger charge is -2.12. The summed E-state index contributed by atoms with van der Waals surface area (Å²) >= 11 is 1.64. The van der Waals surface area contributed by atoms with Crippen LogP contribution < -0.4 is 5.73 Å². The number of hydrogen-bond donors (Lipinski definition) is 1. The minimum Gasteiger partial charge on any atom is -0.444 e. The van der Waals surface area contributed by atoms with E-state index in [0.717, 1.165) is 42.5 Å². The highest BCUT2D eigenvalue weighted by Gasteiger charge is 2.20. The second-order valence-corrected chi connectivity index (χ2v) is 5.35. The highest BCUT2D eigenvalue weighted by Crippen LogP contribution is 2.24. The summed E-state index contributed by atoms with van der Waals surface area (Å²) in [5, 5.41) is 2.03. The number of rotatable bonds is 3. The van der Waals surface area contributed by atoms with E-state index in [0.29, 0.717) is 6.04 Å². The van der Waals surface area contributed by atoms with Crippen molar-refractivity contribution in [3.63, 3.8) is 0 Å². The van der Waals surface area contributed by atoms with Crippen LogP contribution in [0.2, 0.25) is 0 Å². The molecular formula is C12H15N3OS. The maximum absolute atomic E-state index is 5.88. The molecule has 5 heteroatoms. The van der Waals surface area contributed by atoms with Crippen LogP contribution in [0.4, 0.5) is 0 Å². The van der Waals surface area contributed by atoms with Gasteiger partial charge in [0.05, 0.1) is 10.6 Å².